The van der Waals surface area contributed by atoms with Crippen LogP contribution in [0.4, 0.5) is 5.82 Å². The van der Waals surface area contributed by atoms with E-state index in [0.717, 1.165) is 12.8 Å². The first kappa shape index (κ1) is 22.1. The zero-order valence-corrected chi connectivity index (χ0v) is 16.9. The number of hydrogen-bond acceptors (Lipinski definition) is 9. The van der Waals surface area contributed by atoms with Crippen molar-refractivity contribution in [1.82, 2.24) is 9.97 Å². The van der Waals surface area contributed by atoms with E-state index in [4.69, 9.17) is 38.4 Å². The summed E-state index contributed by atoms with van der Waals surface area (Å²) in [7, 11) is 0. The van der Waals surface area contributed by atoms with Gasteiger partial charge in [-0.15, -0.1) is 0 Å². The number of anilines is 1. The van der Waals surface area contributed by atoms with Gasteiger partial charge in [0.2, 0.25) is 5.28 Å². The summed E-state index contributed by atoms with van der Waals surface area (Å²) in [5.74, 6) is 0.136. The van der Waals surface area contributed by atoms with Crippen LogP contribution in [0.1, 0.15) is 26.2 Å². The highest BCUT2D eigenvalue weighted by Gasteiger charge is 2.24. The maximum atomic E-state index is 11.4. The summed E-state index contributed by atoms with van der Waals surface area (Å²) in [6.45, 7) is 3.37. The molecule has 0 aromatic carbocycles. The zero-order valence-electron chi connectivity index (χ0n) is 15.4. The van der Waals surface area contributed by atoms with E-state index in [0.29, 0.717) is 37.0 Å². The zero-order chi connectivity index (χ0) is 20.5. The van der Waals surface area contributed by atoms with Gasteiger partial charge in [0.15, 0.2) is 0 Å². The van der Waals surface area contributed by atoms with Gasteiger partial charge in [-0.25, -0.2) is 4.98 Å². The molecule has 0 saturated carbocycles. The predicted molar refractivity (Wildman–Crippen MR) is 106 cm³/mol. The number of rotatable bonds is 9. The summed E-state index contributed by atoms with van der Waals surface area (Å²) in [4.78, 5) is 22.9. The average Bonchev–Trinajstić information content (AvgIpc) is 2.64. The molecule has 1 aliphatic rings. The average molecular weight is 433 g/mol. The Labute approximate surface area is 172 Å². The lowest BCUT2D eigenvalue weighted by Gasteiger charge is -2.18. The van der Waals surface area contributed by atoms with E-state index in [2.05, 4.69) is 20.3 Å². The second-order valence-electron chi connectivity index (χ2n) is 5.99. The Balaban J connectivity index is 1.88. The van der Waals surface area contributed by atoms with Crippen LogP contribution in [0.25, 0.3) is 0 Å². The number of aromatic nitrogens is 2. The first-order chi connectivity index (χ1) is 13.4. The summed E-state index contributed by atoms with van der Waals surface area (Å²) in [5, 5.41) is 14.8. The Morgan fingerprint density at radius 1 is 1.50 bits per heavy atom. The molecule has 3 N–H and O–H groups in total. The minimum Gasteiger partial charge on any atom is -0.474 e. The van der Waals surface area contributed by atoms with Gasteiger partial charge in [0.05, 0.1) is 23.8 Å². The van der Waals surface area contributed by atoms with Crippen LogP contribution in [0.2, 0.25) is 10.3 Å². The van der Waals surface area contributed by atoms with Crippen LogP contribution in [0.3, 0.4) is 0 Å². The third-order valence-electron chi connectivity index (χ3n) is 3.91. The van der Waals surface area contributed by atoms with E-state index in [1.807, 2.05) is 0 Å². The summed E-state index contributed by atoms with van der Waals surface area (Å²) >= 11 is 11.7. The molecular weight excluding hydrogens is 411 g/mol. The fraction of sp³-hybridized carbons (Fsp3) is 0.562. The number of allylic oxidation sites excluding steroid dienone is 1. The van der Waals surface area contributed by atoms with Crippen molar-refractivity contribution in [2.75, 3.05) is 31.7 Å². The number of aliphatic imine (C=N–C) groups is 1. The van der Waals surface area contributed by atoms with Gasteiger partial charge in [0, 0.05) is 19.8 Å². The summed E-state index contributed by atoms with van der Waals surface area (Å²) < 4.78 is 10.6. The van der Waals surface area contributed by atoms with Gasteiger partial charge < -0.3 is 20.5 Å². The molecule has 1 aromatic heterocycles. The van der Waals surface area contributed by atoms with Crippen molar-refractivity contribution >= 4 is 34.7 Å². The van der Waals surface area contributed by atoms with Crippen molar-refractivity contribution in [2.45, 2.75) is 32.2 Å². The van der Waals surface area contributed by atoms with Crippen LogP contribution in [0.5, 0.6) is 0 Å². The second kappa shape index (κ2) is 11.0. The Hall–Kier alpha value is -2.17. The third kappa shape index (κ3) is 6.77. The van der Waals surface area contributed by atoms with Gasteiger partial charge >= 0.3 is 5.70 Å². The van der Waals surface area contributed by atoms with Crippen LogP contribution in [0.15, 0.2) is 22.8 Å². The van der Waals surface area contributed by atoms with Crippen LogP contribution in [-0.4, -0.2) is 53.0 Å². The van der Waals surface area contributed by atoms with Crippen LogP contribution >= 0.6 is 23.2 Å². The van der Waals surface area contributed by atoms with Crippen molar-refractivity contribution in [3.63, 3.8) is 0 Å². The maximum absolute atomic E-state index is 11.4. The number of nitrogens with zero attached hydrogens (tertiary/aromatic N) is 4. The molecule has 1 aromatic rings. The first-order valence-corrected chi connectivity index (χ1v) is 9.45. The van der Waals surface area contributed by atoms with E-state index in [1.165, 1.54) is 6.20 Å². The van der Waals surface area contributed by atoms with Gasteiger partial charge in [-0.05, 0) is 37.8 Å². The highest BCUT2D eigenvalue weighted by molar-refractivity contribution is 6.33. The molecule has 1 aliphatic heterocycles. The molecule has 10 nitrogen and oxygen atoms in total. The molecule has 1 saturated heterocycles. The predicted octanol–water partition coefficient (Wildman–Crippen LogP) is 2.65. The van der Waals surface area contributed by atoms with Gasteiger partial charge in [0.1, 0.15) is 16.6 Å². The van der Waals surface area contributed by atoms with Crippen molar-refractivity contribution in [1.29, 1.82) is 0 Å². The minimum absolute atomic E-state index is 0.00913. The highest BCUT2D eigenvalue weighted by atomic mass is 35.5. The molecular formula is C16H22Cl2N6O4. The molecule has 28 heavy (non-hydrogen) atoms. The van der Waals surface area contributed by atoms with E-state index in [-0.39, 0.29) is 35.2 Å². The molecule has 2 heterocycles. The van der Waals surface area contributed by atoms with Crippen molar-refractivity contribution < 1.29 is 14.4 Å². The molecule has 1 fully saturated rings. The first-order valence-electron chi connectivity index (χ1n) is 8.70. The van der Waals surface area contributed by atoms with Gasteiger partial charge in [-0.2, -0.15) is 4.98 Å². The quantitative estimate of drug-likeness (QED) is 0.151. The molecule has 0 bridgehead atoms. The van der Waals surface area contributed by atoms with E-state index in [1.54, 1.807) is 6.92 Å². The number of hydrogen-bond donors (Lipinski definition) is 2. The molecule has 0 radical (unpaired) electrons. The fourth-order valence-corrected chi connectivity index (χ4v) is 2.84. The number of nitrogens with two attached hydrogens (primary N) is 1. The maximum Gasteiger partial charge on any atom is 0.348 e. The molecule has 0 amide bonds. The lowest BCUT2D eigenvalue weighted by Crippen LogP contribution is -2.23. The Morgan fingerprint density at radius 2 is 2.21 bits per heavy atom. The smallest absolute Gasteiger partial charge is 0.348 e. The van der Waals surface area contributed by atoms with Gasteiger partial charge in [0.25, 0.3) is 5.88 Å². The van der Waals surface area contributed by atoms with Gasteiger partial charge in [-0.3, -0.25) is 15.1 Å². The number of halogens is 2. The molecule has 12 heteroatoms. The van der Waals surface area contributed by atoms with E-state index in [9.17, 15) is 10.1 Å². The largest absolute Gasteiger partial charge is 0.474 e. The van der Waals surface area contributed by atoms with E-state index < -0.39 is 4.92 Å². The normalized spacial score (nSPS) is 16.5. The van der Waals surface area contributed by atoms with Crippen molar-refractivity contribution in [3.05, 3.63) is 38.2 Å². The Morgan fingerprint density at radius 3 is 2.89 bits per heavy atom. The van der Waals surface area contributed by atoms with E-state index >= 15 is 0 Å². The molecule has 0 atom stereocenters. The SMILES string of the molecule is CC(=NC1CCOCC1)C(=C(N)OCCCNc1nc(Cl)ncc1Cl)[N+](=O)[O-]. The lowest BCUT2D eigenvalue weighted by atomic mass is 10.1. The number of nitrogens with one attached hydrogen (secondary N) is 1. The van der Waals surface area contributed by atoms with Crippen LogP contribution in [-0.2, 0) is 9.47 Å². The second-order valence-corrected chi connectivity index (χ2v) is 6.74. The third-order valence-corrected chi connectivity index (χ3v) is 4.37. The van der Waals surface area contributed by atoms with Crippen LogP contribution < -0.4 is 11.1 Å². The Bertz CT molecular complexity index is 753. The van der Waals surface area contributed by atoms with Gasteiger partial charge in [-0.1, -0.05) is 11.6 Å². The Kier molecular flexibility index (Phi) is 8.68. The standard InChI is InChI=1S/C16H22Cl2N6O4/c1-10(22-11-3-7-27-8-4-11)13(24(25)26)14(19)28-6-2-5-20-15-12(17)9-21-16(18)23-15/h9,11H,2-8,19H2,1H3,(H,20,21,23). The van der Waals surface area contributed by atoms with Crippen LogP contribution in [0, 0.1) is 10.1 Å². The molecule has 0 aliphatic carbocycles. The molecule has 0 spiro atoms. The molecule has 2 rings (SSSR count). The summed E-state index contributed by atoms with van der Waals surface area (Å²) in [5.41, 5.74) is 5.72. The van der Waals surface area contributed by atoms with Crippen molar-refractivity contribution in [3.8, 4) is 0 Å². The lowest BCUT2D eigenvalue weighted by molar-refractivity contribution is -0.418. The minimum atomic E-state index is -0.575. The highest BCUT2D eigenvalue weighted by Crippen LogP contribution is 2.19. The number of ether oxygens (including phenoxy) is 2. The summed E-state index contributed by atoms with van der Waals surface area (Å²) in [6, 6.07) is -0.00913. The monoisotopic (exact) mass is 432 g/mol. The number of nitro groups is 1. The molecule has 154 valence electrons. The van der Waals surface area contributed by atoms with Crippen molar-refractivity contribution in [2.24, 2.45) is 10.7 Å². The topological polar surface area (TPSA) is 138 Å². The fourth-order valence-electron chi connectivity index (χ4n) is 2.55. The molecule has 0 unspecified atom stereocenters. The summed E-state index contributed by atoms with van der Waals surface area (Å²) in [6.07, 6.45) is 3.34.